The summed E-state index contributed by atoms with van der Waals surface area (Å²) < 4.78 is 10.9. The van der Waals surface area contributed by atoms with Gasteiger partial charge < -0.3 is 15.2 Å². The first-order valence-electron chi connectivity index (χ1n) is 6.02. The van der Waals surface area contributed by atoms with Crippen LogP contribution in [0.15, 0.2) is 0 Å². The molecule has 4 heteroatoms. The van der Waals surface area contributed by atoms with E-state index in [0.717, 1.165) is 39.1 Å². The lowest BCUT2D eigenvalue weighted by atomic mass is 9.88. The van der Waals surface area contributed by atoms with Crippen molar-refractivity contribution in [3.05, 3.63) is 0 Å². The second kappa shape index (κ2) is 6.21. The average Bonchev–Trinajstić information content (AvgIpc) is 2.26. The van der Waals surface area contributed by atoms with Crippen LogP contribution in [-0.4, -0.2) is 32.3 Å². The first-order valence-corrected chi connectivity index (χ1v) is 6.02. The van der Waals surface area contributed by atoms with Crippen molar-refractivity contribution in [2.24, 2.45) is 17.1 Å². The van der Waals surface area contributed by atoms with Crippen molar-refractivity contribution < 1.29 is 9.47 Å². The highest BCUT2D eigenvalue weighted by molar-refractivity contribution is 5.82. The highest BCUT2D eigenvalue weighted by atomic mass is 16.5. The van der Waals surface area contributed by atoms with Gasteiger partial charge in [-0.05, 0) is 25.2 Å². The molecule has 0 amide bonds. The molecule has 0 aromatic carbocycles. The van der Waals surface area contributed by atoms with E-state index in [-0.39, 0.29) is 11.3 Å². The topological polar surface area (TPSA) is 68.3 Å². The molecule has 1 heterocycles. The maximum absolute atomic E-state index is 7.43. The summed E-state index contributed by atoms with van der Waals surface area (Å²) in [6.07, 6.45) is 3.03. The van der Waals surface area contributed by atoms with Crippen molar-refractivity contribution >= 4 is 5.84 Å². The molecule has 1 rings (SSSR count). The van der Waals surface area contributed by atoms with Gasteiger partial charge in [-0.25, -0.2) is 0 Å². The Morgan fingerprint density at radius 3 is 2.62 bits per heavy atom. The number of amidine groups is 1. The van der Waals surface area contributed by atoms with Gasteiger partial charge in [0.25, 0.3) is 0 Å². The maximum atomic E-state index is 7.43. The van der Waals surface area contributed by atoms with Gasteiger partial charge in [-0.1, -0.05) is 13.8 Å². The third-order valence-electron chi connectivity index (χ3n) is 3.29. The van der Waals surface area contributed by atoms with Gasteiger partial charge in [0, 0.05) is 31.8 Å². The van der Waals surface area contributed by atoms with Gasteiger partial charge >= 0.3 is 0 Å². The van der Waals surface area contributed by atoms with E-state index < -0.39 is 0 Å². The molecule has 0 bridgehead atoms. The van der Waals surface area contributed by atoms with Crippen LogP contribution >= 0.6 is 0 Å². The quantitative estimate of drug-likeness (QED) is 0.413. The third-order valence-corrected chi connectivity index (χ3v) is 3.29. The molecule has 0 saturated carbocycles. The van der Waals surface area contributed by atoms with Gasteiger partial charge in [-0.2, -0.15) is 0 Å². The second-order valence-electron chi connectivity index (χ2n) is 5.18. The van der Waals surface area contributed by atoms with Crippen LogP contribution in [0.25, 0.3) is 0 Å². The van der Waals surface area contributed by atoms with Gasteiger partial charge in [0.15, 0.2) is 0 Å². The van der Waals surface area contributed by atoms with Crippen molar-refractivity contribution in [1.29, 1.82) is 5.41 Å². The van der Waals surface area contributed by atoms with Crippen LogP contribution in [0.3, 0.4) is 0 Å². The van der Waals surface area contributed by atoms with E-state index in [1.54, 1.807) is 0 Å². The fourth-order valence-corrected chi connectivity index (χ4v) is 1.63. The molecule has 4 nitrogen and oxygen atoms in total. The highest BCUT2D eigenvalue weighted by Gasteiger charge is 2.21. The average molecular weight is 228 g/mol. The summed E-state index contributed by atoms with van der Waals surface area (Å²) in [5.41, 5.74) is 5.27. The van der Waals surface area contributed by atoms with E-state index in [9.17, 15) is 0 Å². The van der Waals surface area contributed by atoms with Crippen LogP contribution in [0.4, 0.5) is 0 Å². The van der Waals surface area contributed by atoms with E-state index in [4.69, 9.17) is 20.6 Å². The van der Waals surface area contributed by atoms with Crippen LogP contribution in [0.5, 0.6) is 0 Å². The van der Waals surface area contributed by atoms with Gasteiger partial charge in [0.05, 0.1) is 5.84 Å². The molecule has 0 radical (unpaired) electrons. The van der Waals surface area contributed by atoms with E-state index in [1.807, 2.05) is 13.8 Å². The van der Waals surface area contributed by atoms with Crippen LogP contribution in [0.1, 0.15) is 33.1 Å². The Morgan fingerprint density at radius 2 is 2.06 bits per heavy atom. The molecule has 0 aromatic rings. The number of ether oxygens (including phenoxy) is 2. The molecular formula is C12H24N2O2. The van der Waals surface area contributed by atoms with Crippen molar-refractivity contribution in [3.63, 3.8) is 0 Å². The number of nitrogens with one attached hydrogen (secondary N) is 1. The van der Waals surface area contributed by atoms with Crippen LogP contribution in [0.2, 0.25) is 0 Å². The minimum atomic E-state index is -0.240. The van der Waals surface area contributed by atoms with Gasteiger partial charge in [-0.3, -0.25) is 5.41 Å². The Kier molecular flexibility index (Phi) is 5.22. The van der Waals surface area contributed by atoms with Crippen molar-refractivity contribution in [2.45, 2.75) is 33.1 Å². The SMILES string of the molecule is CC(C)(CCOCC1CCOCC1)C(=N)N. The lowest BCUT2D eigenvalue weighted by Crippen LogP contribution is -2.32. The number of nitrogens with two attached hydrogens (primary N) is 1. The number of hydrogen-bond acceptors (Lipinski definition) is 3. The second-order valence-corrected chi connectivity index (χ2v) is 5.18. The smallest absolute Gasteiger partial charge is 0.0963 e. The van der Waals surface area contributed by atoms with E-state index in [1.165, 1.54) is 0 Å². The molecule has 1 fully saturated rings. The molecule has 1 saturated heterocycles. The summed E-state index contributed by atoms with van der Waals surface area (Å²) >= 11 is 0. The molecule has 1 aliphatic rings. The fraction of sp³-hybridized carbons (Fsp3) is 0.917. The zero-order chi connectivity index (χ0) is 12.0. The minimum absolute atomic E-state index is 0.238. The Balaban J connectivity index is 2.09. The summed E-state index contributed by atoms with van der Waals surface area (Å²) in [6.45, 7) is 7.20. The lowest BCUT2D eigenvalue weighted by Gasteiger charge is -2.25. The standard InChI is InChI=1S/C12H24N2O2/c1-12(2,11(13)14)5-8-16-9-10-3-6-15-7-4-10/h10H,3-9H2,1-2H3,(H3,13,14). The minimum Gasteiger partial charge on any atom is -0.387 e. The van der Waals surface area contributed by atoms with E-state index in [0.29, 0.717) is 12.5 Å². The van der Waals surface area contributed by atoms with Gasteiger partial charge in [0.1, 0.15) is 0 Å². The fourth-order valence-electron chi connectivity index (χ4n) is 1.63. The monoisotopic (exact) mass is 228 g/mol. The molecule has 1 aliphatic heterocycles. The maximum Gasteiger partial charge on any atom is 0.0963 e. The summed E-state index contributed by atoms with van der Waals surface area (Å²) in [4.78, 5) is 0. The van der Waals surface area contributed by atoms with Crippen molar-refractivity contribution in [3.8, 4) is 0 Å². The van der Waals surface area contributed by atoms with Crippen LogP contribution in [0, 0.1) is 16.7 Å². The molecule has 0 unspecified atom stereocenters. The van der Waals surface area contributed by atoms with Crippen molar-refractivity contribution in [2.75, 3.05) is 26.4 Å². The predicted molar refractivity (Wildman–Crippen MR) is 64.7 cm³/mol. The highest BCUT2D eigenvalue weighted by Crippen LogP contribution is 2.20. The molecule has 0 aromatic heterocycles. The molecule has 94 valence electrons. The Morgan fingerprint density at radius 1 is 1.44 bits per heavy atom. The van der Waals surface area contributed by atoms with Crippen LogP contribution < -0.4 is 5.73 Å². The van der Waals surface area contributed by atoms with Crippen LogP contribution in [-0.2, 0) is 9.47 Å². The van der Waals surface area contributed by atoms with Gasteiger partial charge in [0.2, 0.25) is 0 Å². The van der Waals surface area contributed by atoms with Crippen molar-refractivity contribution in [1.82, 2.24) is 0 Å². The summed E-state index contributed by atoms with van der Waals surface area (Å²) in [7, 11) is 0. The van der Waals surface area contributed by atoms with E-state index in [2.05, 4.69) is 0 Å². The zero-order valence-electron chi connectivity index (χ0n) is 10.4. The molecule has 0 atom stereocenters. The lowest BCUT2D eigenvalue weighted by molar-refractivity contribution is 0.0169. The Labute approximate surface area is 98.0 Å². The molecule has 0 aliphatic carbocycles. The normalized spacial score (nSPS) is 18.6. The Hall–Kier alpha value is -0.610. The third kappa shape index (κ3) is 4.49. The zero-order valence-corrected chi connectivity index (χ0v) is 10.4. The summed E-state index contributed by atoms with van der Waals surface area (Å²) in [5, 5.41) is 7.43. The number of rotatable bonds is 6. The summed E-state index contributed by atoms with van der Waals surface area (Å²) in [5.74, 6) is 0.886. The first kappa shape index (κ1) is 13.5. The predicted octanol–water partition coefficient (Wildman–Crippen LogP) is 1.78. The largest absolute Gasteiger partial charge is 0.387 e. The molecule has 16 heavy (non-hydrogen) atoms. The Bertz CT molecular complexity index is 223. The number of hydrogen-bond donors (Lipinski definition) is 2. The van der Waals surface area contributed by atoms with E-state index >= 15 is 0 Å². The first-order chi connectivity index (χ1) is 7.52. The molecule has 0 spiro atoms. The van der Waals surface area contributed by atoms with Gasteiger partial charge in [-0.15, -0.1) is 0 Å². The molecule has 3 N–H and O–H groups in total. The molecular weight excluding hydrogens is 204 g/mol. The summed E-state index contributed by atoms with van der Waals surface area (Å²) in [6, 6.07) is 0.